The molecule has 1 heteroatoms. The molecule has 1 N–H and O–H groups in total. The molecule has 0 unspecified atom stereocenters. The van der Waals surface area contributed by atoms with Crippen molar-refractivity contribution in [1.82, 2.24) is 0 Å². The highest BCUT2D eigenvalue weighted by molar-refractivity contribution is 5.84. The predicted octanol–water partition coefficient (Wildman–Crippen LogP) is 3.73. The fourth-order valence-electron chi connectivity index (χ4n) is 3.26. The van der Waals surface area contributed by atoms with Crippen LogP contribution in [-0.4, -0.2) is 0 Å². The van der Waals surface area contributed by atoms with Crippen molar-refractivity contribution in [2.75, 3.05) is 0 Å². The Balaban J connectivity index is 2.11. The van der Waals surface area contributed by atoms with Crippen LogP contribution in [0.4, 0.5) is 0 Å². The van der Waals surface area contributed by atoms with Crippen LogP contribution < -0.4 is 4.98 Å². The van der Waals surface area contributed by atoms with Crippen molar-refractivity contribution in [1.29, 1.82) is 0 Å². The van der Waals surface area contributed by atoms with Gasteiger partial charge in [0, 0.05) is 22.6 Å². The lowest BCUT2D eigenvalue weighted by molar-refractivity contribution is -0.332. The Hall–Kier alpha value is -2.15. The average molecular weight is 246 g/mol. The fourth-order valence-corrected chi connectivity index (χ4v) is 3.26. The van der Waals surface area contributed by atoms with Gasteiger partial charge in [0.05, 0.1) is 0 Å². The van der Waals surface area contributed by atoms with Gasteiger partial charge in [0.25, 0.3) is 0 Å². The number of aromatic nitrogens is 1. The van der Waals surface area contributed by atoms with Crippen LogP contribution in [0.2, 0.25) is 0 Å². The third-order valence-electron chi connectivity index (χ3n) is 4.28. The van der Waals surface area contributed by atoms with Crippen LogP contribution in [0.25, 0.3) is 22.2 Å². The molecule has 0 spiro atoms. The molecular formula is C18H16N+. The highest BCUT2D eigenvalue weighted by Gasteiger charge is 2.24. The monoisotopic (exact) mass is 246 g/mol. The summed E-state index contributed by atoms with van der Waals surface area (Å²) in [6.07, 6.45) is 2.29. The summed E-state index contributed by atoms with van der Waals surface area (Å²) >= 11 is 0. The van der Waals surface area contributed by atoms with E-state index in [2.05, 4.69) is 60.4 Å². The number of para-hydroxylation sites is 1. The number of H-pyrrole nitrogens is 1. The molecule has 0 saturated heterocycles. The lowest BCUT2D eigenvalue weighted by Gasteiger charge is -2.17. The molecule has 1 heterocycles. The first-order chi connectivity index (χ1) is 9.34. The normalized spacial score (nSPS) is 13.1. The summed E-state index contributed by atoms with van der Waals surface area (Å²) in [5.41, 5.74) is 8.29. The minimum Gasteiger partial charge on any atom is -0.204 e. The van der Waals surface area contributed by atoms with Crippen molar-refractivity contribution in [2.45, 2.75) is 19.8 Å². The van der Waals surface area contributed by atoms with Gasteiger partial charge in [-0.15, -0.1) is 0 Å². The third kappa shape index (κ3) is 1.51. The molecule has 1 nitrogen and oxygen atoms in total. The van der Waals surface area contributed by atoms with Crippen LogP contribution in [0.1, 0.15) is 16.7 Å². The van der Waals surface area contributed by atoms with Gasteiger partial charge in [-0.1, -0.05) is 30.3 Å². The Morgan fingerprint density at radius 3 is 2.63 bits per heavy atom. The first-order valence-corrected chi connectivity index (χ1v) is 6.86. The van der Waals surface area contributed by atoms with E-state index in [0.29, 0.717) is 0 Å². The lowest BCUT2D eigenvalue weighted by Crippen LogP contribution is -2.18. The zero-order valence-electron chi connectivity index (χ0n) is 11.0. The number of fused-ring (bicyclic) bond motifs is 4. The molecule has 92 valence electrons. The summed E-state index contributed by atoms with van der Waals surface area (Å²) in [7, 11) is 0. The maximum Gasteiger partial charge on any atom is 0.215 e. The molecule has 0 atom stereocenters. The predicted molar refractivity (Wildman–Crippen MR) is 78.1 cm³/mol. The van der Waals surface area contributed by atoms with Crippen molar-refractivity contribution in [2.24, 2.45) is 0 Å². The molecule has 2 aromatic carbocycles. The molecule has 0 radical (unpaired) electrons. The van der Waals surface area contributed by atoms with Gasteiger partial charge in [0.15, 0.2) is 0 Å². The van der Waals surface area contributed by atoms with E-state index in [1.165, 1.54) is 38.9 Å². The fraction of sp³-hybridized carbons (Fsp3) is 0.167. The van der Waals surface area contributed by atoms with Crippen molar-refractivity contribution < 1.29 is 4.98 Å². The Labute approximate surface area is 112 Å². The number of nitrogens with one attached hydrogen (secondary N) is 1. The number of aryl methyl sites for hydroxylation is 2. The van der Waals surface area contributed by atoms with Gasteiger partial charge in [-0.3, -0.25) is 0 Å². The highest BCUT2D eigenvalue weighted by atomic mass is 14.7. The summed E-state index contributed by atoms with van der Waals surface area (Å²) in [6, 6.07) is 17.3. The molecular weight excluding hydrogens is 230 g/mol. The molecule has 4 rings (SSSR count). The maximum absolute atomic E-state index is 3.64. The average Bonchev–Trinajstić information content (AvgIpc) is 2.47. The summed E-state index contributed by atoms with van der Waals surface area (Å²) < 4.78 is 0. The zero-order chi connectivity index (χ0) is 12.8. The van der Waals surface area contributed by atoms with E-state index in [-0.39, 0.29) is 0 Å². The van der Waals surface area contributed by atoms with E-state index in [4.69, 9.17) is 0 Å². The zero-order valence-corrected chi connectivity index (χ0v) is 11.0. The number of hydrogen-bond donors (Lipinski definition) is 0. The van der Waals surface area contributed by atoms with Gasteiger partial charge in [0.2, 0.25) is 11.2 Å². The second-order valence-corrected chi connectivity index (χ2v) is 5.31. The second-order valence-electron chi connectivity index (χ2n) is 5.31. The van der Waals surface area contributed by atoms with Crippen molar-refractivity contribution >= 4 is 10.9 Å². The van der Waals surface area contributed by atoms with Gasteiger partial charge in [-0.2, -0.15) is 0 Å². The molecule has 1 aromatic heterocycles. The van der Waals surface area contributed by atoms with E-state index in [9.17, 15) is 0 Å². The largest absolute Gasteiger partial charge is 0.215 e. The van der Waals surface area contributed by atoms with Crippen LogP contribution >= 0.6 is 0 Å². The van der Waals surface area contributed by atoms with E-state index < -0.39 is 0 Å². The van der Waals surface area contributed by atoms with E-state index in [0.717, 1.165) is 12.8 Å². The molecule has 0 aliphatic heterocycles. The van der Waals surface area contributed by atoms with Crippen LogP contribution in [0.5, 0.6) is 0 Å². The van der Waals surface area contributed by atoms with Gasteiger partial charge < -0.3 is 0 Å². The summed E-state index contributed by atoms with van der Waals surface area (Å²) in [5, 5.41) is 1.35. The van der Waals surface area contributed by atoms with Crippen LogP contribution in [-0.2, 0) is 12.8 Å². The number of rotatable bonds is 0. The van der Waals surface area contributed by atoms with Gasteiger partial charge in [0.1, 0.15) is 0 Å². The maximum atomic E-state index is 3.64. The Morgan fingerprint density at radius 1 is 0.895 bits per heavy atom. The molecule has 0 fully saturated rings. The Morgan fingerprint density at radius 2 is 1.68 bits per heavy atom. The first kappa shape index (κ1) is 10.7. The van der Waals surface area contributed by atoms with Gasteiger partial charge >= 0.3 is 0 Å². The molecule has 1 aliphatic rings. The van der Waals surface area contributed by atoms with Crippen LogP contribution in [0.3, 0.4) is 0 Å². The van der Waals surface area contributed by atoms with E-state index >= 15 is 0 Å². The smallest absolute Gasteiger partial charge is 0.204 e. The number of benzene rings is 2. The summed E-state index contributed by atoms with van der Waals surface area (Å²) in [6.45, 7) is 2.25. The number of pyridine rings is 1. The van der Waals surface area contributed by atoms with Crippen molar-refractivity contribution in [3.63, 3.8) is 0 Å². The summed E-state index contributed by atoms with van der Waals surface area (Å²) in [5.74, 6) is 0. The van der Waals surface area contributed by atoms with Crippen LogP contribution in [0.15, 0.2) is 48.5 Å². The van der Waals surface area contributed by atoms with Crippen LogP contribution in [0, 0.1) is 6.92 Å². The molecule has 0 saturated carbocycles. The topological polar surface area (TPSA) is 14.1 Å². The van der Waals surface area contributed by atoms with Gasteiger partial charge in [-0.05, 0) is 43.0 Å². The standard InChI is InChI=1S/C18H15N/c1-12-14-7-4-5-9-17(14)19-18-15(12)11-10-13-6-2-3-8-16(13)18/h2-9H,10-11H2,1H3/p+1. The Bertz CT molecular complexity index is 787. The minimum absolute atomic E-state index is 1.14. The molecule has 0 amide bonds. The number of hydrogen-bond acceptors (Lipinski definition) is 0. The Kier molecular flexibility index (Phi) is 2.22. The molecule has 0 bridgehead atoms. The SMILES string of the molecule is Cc1c2c([nH+]c3ccccc13)-c1ccccc1CC2. The van der Waals surface area contributed by atoms with E-state index in [1.807, 2.05) is 0 Å². The van der Waals surface area contributed by atoms with Gasteiger partial charge in [-0.25, -0.2) is 4.98 Å². The van der Waals surface area contributed by atoms with Crippen molar-refractivity contribution in [3.05, 3.63) is 65.2 Å². The van der Waals surface area contributed by atoms with Crippen molar-refractivity contribution in [3.8, 4) is 11.3 Å². The highest BCUT2D eigenvalue weighted by Crippen LogP contribution is 2.34. The lowest BCUT2D eigenvalue weighted by atomic mass is 9.86. The minimum atomic E-state index is 1.14. The third-order valence-corrected chi connectivity index (χ3v) is 4.28. The molecule has 1 aliphatic carbocycles. The van der Waals surface area contributed by atoms with E-state index in [1.54, 1.807) is 0 Å². The summed E-state index contributed by atoms with van der Waals surface area (Å²) in [4.78, 5) is 3.64. The quantitative estimate of drug-likeness (QED) is 0.574. The molecule has 3 aromatic rings. The molecule has 19 heavy (non-hydrogen) atoms. The first-order valence-electron chi connectivity index (χ1n) is 6.86. The number of aromatic amines is 1. The second kappa shape index (κ2) is 3.92.